The van der Waals surface area contributed by atoms with Crippen molar-refractivity contribution < 1.29 is 24.6 Å². The molecule has 0 fully saturated rings. The molecule has 0 saturated heterocycles. The van der Waals surface area contributed by atoms with Crippen LogP contribution in [0.15, 0.2) is 0 Å². The van der Waals surface area contributed by atoms with Crippen molar-refractivity contribution in [2.24, 2.45) is 11.7 Å². The van der Waals surface area contributed by atoms with E-state index < -0.39 is 23.9 Å². The lowest BCUT2D eigenvalue weighted by Crippen LogP contribution is -2.42. The Hall–Kier alpha value is -1.63. The van der Waals surface area contributed by atoms with Crippen LogP contribution in [0.5, 0.6) is 0 Å². The summed E-state index contributed by atoms with van der Waals surface area (Å²) in [7, 11) is 0. The van der Waals surface area contributed by atoms with Crippen molar-refractivity contribution >= 4 is 17.8 Å². The molecule has 18 heavy (non-hydrogen) atoms. The molecular weight excluding hydrogens is 240 g/mol. The number of nitrogens with two attached hydrogens (primary N) is 1. The molecule has 0 saturated carbocycles. The van der Waals surface area contributed by atoms with E-state index in [1.165, 1.54) is 0 Å². The smallest absolute Gasteiger partial charge is 0.303 e. The van der Waals surface area contributed by atoms with Crippen LogP contribution >= 0.6 is 0 Å². The molecule has 2 unspecified atom stereocenters. The van der Waals surface area contributed by atoms with Gasteiger partial charge in [0.15, 0.2) is 0 Å². The molecule has 2 atom stereocenters. The highest BCUT2D eigenvalue weighted by Crippen LogP contribution is 2.06. The second-order valence-corrected chi connectivity index (χ2v) is 4.16. The van der Waals surface area contributed by atoms with Crippen molar-refractivity contribution in [3.8, 4) is 0 Å². The Balaban J connectivity index is 3.99. The van der Waals surface area contributed by atoms with Crippen LogP contribution in [0, 0.1) is 5.92 Å². The molecule has 0 radical (unpaired) electrons. The molecule has 0 aliphatic carbocycles. The molecule has 7 heteroatoms. The number of carbonyl (C=O) groups is 3. The van der Waals surface area contributed by atoms with E-state index in [1.807, 2.05) is 6.92 Å². The monoisotopic (exact) mass is 260 g/mol. The van der Waals surface area contributed by atoms with Gasteiger partial charge in [0.1, 0.15) is 0 Å². The van der Waals surface area contributed by atoms with Crippen LogP contribution in [0.1, 0.15) is 32.6 Å². The van der Waals surface area contributed by atoms with Gasteiger partial charge in [-0.05, 0) is 12.3 Å². The van der Waals surface area contributed by atoms with Gasteiger partial charge in [-0.1, -0.05) is 13.3 Å². The summed E-state index contributed by atoms with van der Waals surface area (Å²) >= 11 is 0. The van der Waals surface area contributed by atoms with Gasteiger partial charge < -0.3 is 21.3 Å². The Morgan fingerprint density at radius 3 is 2.28 bits per heavy atom. The highest BCUT2D eigenvalue weighted by molar-refractivity contribution is 5.82. The Morgan fingerprint density at radius 2 is 1.83 bits per heavy atom. The molecule has 0 aliphatic rings. The second-order valence-electron chi connectivity index (χ2n) is 4.16. The van der Waals surface area contributed by atoms with E-state index >= 15 is 0 Å². The number of aliphatic carboxylic acids is 2. The second kappa shape index (κ2) is 8.46. The predicted molar refractivity (Wildman–Crippen MR) is 63.9 cm³/mol. The van der Waals surface area contributed by atoms with Gasteiger partial charge in [0, 0.05) is 19.4 Å². The van der Waals surface area contributed by atoms with Crippen LogP contribution in [0.2, 0.25) is 0 Å². The summed E-state index contributed by atoms with van der Waals surface area (Å²) in [6.45, 7) is 2.08. The lowest BCUT2D eigenvalue weighted by molar-refractivity contribution is -0.139. The first kappa shape index (κ1) is 16.4. The number of nitrogens with one attached hydrogen (secondary N) is 1. The fraction of sp³-hybridized carbons (Fsp3) is 0.727. The number of rotatable bonds is 9. The van der Waals surface area contributed by atoms with Gasteiger partial charge in [-0.3, -0.25) is 14.4 Å². The zero-order valence-electron chi connectivity index (χ0n) is 10.4. The fourth-order valence-electron chi connectivity index (χ4n) is 1.39. The molecule has 0 heterocycles. The van der Waals surface area contributed by atoms with E-state index in [0.29, 0.717) is 6.42 Å². The summed E-state index contributed by atoms with van der Waals surface area (Å²) in [5.41, 5.74) is 5.50. The Morgan fingerprint density at radius 1 is 1.22 bits per heavy atom. The van der Waals surface area contributed by atoms with Crippen LogP contribution in [0.4, 0.5) is 0 Å². The number of carboxylic acid groups (broad SMARTS) is 2. The normalized spacial score (nSPS) is 13.7. The summed E-state index contributed by atoms with van der Waals surface area (Å²) in [4.78, 5) is 32.3. The number of carbonyl (C=O) groups excluding carboxylic acids is 1. The zero-order chi connectivity index (χ0) is 14.1. The summed E-state index contributed by atoms with van der Waals surface area (Å²) in [5.74, 6) is -2.50. The third-order valence-electron chi connectivity index (χ3n) is 2.61. The van der Waals surface area contributed by atoms with E-state index in [-0.39, 0.29) is 31.7 Å². The first-order valence-electron chi connectivity index (χ1n) is 5.83. The van der Waals surface area contributed by atoms with E-state index in [0.717, 1.165) is 0 Å². The minimum Gasteiger partial charge on any atom is -0.481 e. The zero-order valence-corrected chi connectivity index (χ0v) is 10.4. The van der Waals surface area contributed by atoms with Crippen molar-refractivity contribution in [1.29, 1.82) is 0 Å². The van der Waals surface area contributed by atoms with Gasteiger partial charge in [-0.15, -0.1) is 0 Å². The fourth-order valence-corrected chi connectivity index (χ4v) is 1.39. The minimum absolute atomic E-state index is 0.0128. The van der Waals surface area contributed by atoms with Crippen molar-refractivity contribution in [1.82, 2.24) is 5.32 Å². The molecule has 0 aromatic rings. The molecule has 104 valence electrons. The third kappa shape index (κ3) is 7.61. The first-order valence-corrected chi connectivity index (χ1v) is 5.83. The van der Waals surface area contributed by atoms with Gasteiger partial charge in [0.25, 0.3) is 0 Å². The minimum atomic E-state index is -1.00. The molecule has 0 aromatic carbocycles. The van der Waals surface area contributed by atoms with Gasteiger partial charge in [0.05, 0.1) is 6.04 Å². The Kier molecular flexibility index (Phi) is 7.69. The SMILES string of the molecule is CCC(CNC(=O)C(N)CCC(=O)O)CC(=O)O. The van der Waals surface area contributed by atoms with Crippen molar-refractivity contribution in [3.63, 3.8) is 0 Å². The molecular formula is C11H20N2O5. The largest absolute Gasteiger partial charge is 0.481 e. The summed E-state index contributed by atoms with van der Waals surface area (Å²) in [5, 5.41) is 19.6. The van der Waals surface area contributed by atoms with Gasteiger partial charge in [-0.2, -0.15) is 0 Å². The molecule has 5 N–H and O–H groups in total. The average molecular weight is 260 g/mol. The lowest BCUT2D eigenvalue weighted by Gasteiger charge is -2.16. The average Bonchev–Trinajstić information content (AvgIpc) is 2.30. The Labute approximate surface area is 105 Å². The standard InChI is InChI=1S/C11H20N2O5/c1-2-7(5-10(16)17)6-13-11(18)8(12)3-4-9(14)15/h7-8H,2-6,12H2,1H3,(H,13,18)(H,14,15)(H,16,17). The quantitative estimate of drug-likeness (QED) is 0.454. The van der Waals surface area contributed by atoms with Crippen LogP contribution in [0.3, 0.4) is 0 Å². The third-order valence-corrected chi connectivity index (χ3v) is 2.61. The maximum atomic E-state index is 11.5. The van der Waals surface area contributed by atoms with Gasteiger partial charge >= 0.3 is 11.9 Å². The molecule has 1 amide bonds. The number of hydrogen-bond donors (Lipinski definition) is 4. The van der Waals surface area contributed by atoms with Crippen LogP contribution in [0.25, 0.3) is 0 Å². The van der Waals surface area contributed by atoms with Crippen molar-refractivity contribution in [2.45, 2.75) is 38.6 Å². The molecule has 0 rings (SSSR count). The van der Waals surface area contributed by atoms with E-state index in [2.05, 4.69) is 5.32 Å². The number of hydrogen-bond acceptors (Lipinski definition) is 4. The summed E-state index contributed by atoms with van der Waals surface area (Å²) in [6, 6.07) is -0.872. The molecule has 0 aromatic heterocycles. The summed E-state index contributed by atoms with van der Waals surface area (Å²) in [6.07, 6.45) is 0.524. The van der Waals surface area contributed by atoms with E-state index in [1.54, 1.807) is 0 Å². The van der Waals surface area contributed by atoms with Crippen LogP contribution in [-0.2, 0) is 14.4 Å². The summed E-state index contributed by atoms with van der Waals surface area (Å²) < 4.78 is 0. The topological polar surface area (TPSA) is 130 Å². The predicted octanol–water partition coefficient (Wildman–Crippen LogP) is -0.204. The highest BCUT2D eigenvalue weighted by Gasteiger charge is 2.17. The van der Waals surface area contributed by atoms with E-state index in [4.69, 9.17) is 15.9 Å². The number of amides is 1. The molecule has 0 spiro atoms. The molecule has 0 bridgehead atoms. The maximum absolute atomic E-state index is 11.5. The van der Waals surface area contributed by atoms with Crippen LogP contribution < -0.4 is 11.1 Å². The molecule has 0 aliphatic heterocycles. The Bertz CT molecular complexity index is 306. The van der Waals surface area contributed by atoms with Gasteiger partial charge in [0.2, 0.25) is 5.91 Å². The van der Waals surface area contributed by atoms with Crippen LogP contribution in [-0.4, -0.2) is 40.6 Å². The maximum Gasteiger partial charge on any atom is 0.303 e. The van der Waals surface area contributed by atoms with E-state index in [9.17, 15) is 14.4 Å². The van der Waals surface area contributed by atoms with Crippen molar-refractivity contribution in [2.75, 3.05) is 6.54 Å². The van der Waals surface area contributed by atoms with Gasteiger partial charge in [-0.25, -0.2) is 0 Å². The first-order chi connectivity index (χ1) is 8.36. The van der Waals surface area contributed by atoms with Crippen molar-refractivity contribution in [3.05, 3.63) is 0 Å². The molecule has 7 nitrogen and oxygen atoms in total. The number of carboxylic acids is 2. The highest BCUT2D eigenvalue weighted by atomic mass is 16.4. The lowest BCUT2D eigenvalue weighted by atomic mass is 10.0.